The van der Waals surface area contributed by atoms with Gasteiger partial charge in [0, 0.05) is 18.7 Å². The van der Waals surface area contributed by atoms with E-state index in [0.29, 0.717) is 6.42 Å². The maximum absolute atomic E-state index is 12.7. The number of hydrogen-bond acceptors (Lipinski definition) is 4. The van der Waals surface area contributed by atoms with Crippen molar-refractivity contribution in [1.82, 2.24) is 0 Å². The van der Waals surface area contributed by atoms with Crippen molar-refractivity contribution in [3.05, 3.63) is 53.6 Å². The number of sulfonamides is 1. The number of anilines is 2. The maximum Gasteiger partial charge on any atom is 0.261 e. The molecule has 2 aromatic rings. The number of primary amides is 1. The predicted octanol–water partition coefficient (Wildman–Crippen LogP) is 1.88. The Labute approximate surface area is 151 Å². The van der Waals surface area contributed by atoms with Crippen LogP contribution in [-0.4, -0.2) is 26.3 Å². The quantitative estimate of drug-likeness (QED) is 0.853. The van der Waals surface area contributed by atoms with Crippen LogP contribution < -0.4 is 15.4 Å². The third-order valence-electron chi connectivity index (χ3n) is 4.35. The van der Waals surface area contributed by atoms with Crippen LogP contribution in [0.5, 0.6) is 0 Å². The molecule has 1 heterocycles. The smallest absolute Gasteiger partial charge is 0.261 e. The first-order chi connectivity index (χ1) is 12.2. The highest BCUT2D eigenvalue weighted by atomic mass is 32.2. The molecule has 0 fully saturated rings. The van der Waals surface area contributed by atoms with Crippen LogP contribution in [0.25, 0.3) is 0 Å². The normalized spacial score (nSPS) is 16.2. The zero-order chi connectivity index (χ0) is 19.1. The van der Waals surface area contributed by atoms with Gasteiger partial charge in [-0.15, -0.1) is 0 Å². The van der Waals surface area contributed by atoms with E-state index in [1.54, 1.807) is 29.2 Å². The van der Waals surface area contributed by atoms with E-state index < -0.39 is 15.9 Å². The second kappa shape index (κ2) is 6.45. The van der Waals surface area contributed by atoms with Crippen molar-refractivity contribution in [1.29, 1.82) is 0 Å². The van der Waals surface area contributed by atoms with E-state index in [2.05, 4.69) is 4.72 Å². The summed E-state index contributed by atoms with van der Waals surface area (Å²) in [4.78, 5) is 25.0. The Morgan fingerprint density at radius 2 is 1.88 bits per heavy atom. The summed E-state index contributed by atoms with van der Waals surface area (Å²) in [5, 5.41) is 0. The summed E-state index contributed by atoms with van der Waals surface area (Å²) in [6, 6.07) is 10.8. The lowest BCUT2D eigenvalue weighted by Gasteiger charge is -2.20. The first-order valence-electron chi connectivity index (χ1n) is 8.05. The fourth-order valence-corrected chi connectivity index (χ4v) is 4.38. The molecule has 0 aromatic heterocycles. The number of carbonyl (C=O) groups is 2. The lowest BCUT2D eigenvalue weighted by Crippen LogP contribution is -2.33. The summed E-state index contributed by atoms with van der Waals surface area (Å²) in [6.45, 7) is 3.40. The minimum absolute atomic E-state index is 0.0241. The fraction of sp³-hybridized carbons (Fsp3) is 0.222. The Balaban J connectivity index is 1.97. The number of nitrogens with zero attached hydrogens (tertiary/aromatic N) is 1. The first-order valence-corrected chi connectivity index (χ1v) is 9.53. The average Bonchev–Trinajstić information content (AvgIpc) is 2.89. The fourth-order valence-electron chi connectivity index (χ4n) is 3.25. The van der Waals surface area contributed by atoms with Crippen LogP contribution in [0.1, 0.15) is 29.8 Å². The Kier molecular flexibility index (Phi) is 4.45. The molecule has 2 aromatic carbocycles. The molecule has 1 atom stereocenters. The van der Waals surface area contributed by atoms with Crippen LogP contribution in [0.3, 0.4) is 0 Å². The number of nitrogens with one attached hydrogen (secondary N) is 1. The zero-order valence-corrected chi connectivity index (χ0v) is 15.2. The van der Waals surface area contributed by atoms with Crippen LogP contribution in [-0.2, 0) is 21.2 Å². The topological polar surface area (TPSA) is 110 Å². The van der Waals surface area contributed by atoms with Gasteiger partial charge in [-0.1, -0.05) is 12.1 Å². The highest BCUT2D eigenvalue weighted by Gasteiger charge is 2.30. The minimum Gasteiger partial charge on any atom is -0.366 e. The number of para-hydroxylation sites is 1. The molecular formula is C18H19N3O4S. The van der Waals surface area contributed by atoms with Gasteiger partial charge in [0.15, 0.2) is 0 Å². The average molecular weight is 373 g/mol. The molecule has 7 nitrogen and oxygen atoms in total. The summed E-state index contributed by atoms with van der Waals surface area (Å²) in [5.74, 6) is -0.802. The highest BCUT2D eigenvalue weighted by Crippen LogP contribution is 2.34. The van der Waals surface area contributed by atoms with E-state index in [-0.39, 0.29) is 28.1 Å². The molecule has 3 N–H and O–H groups in total. The van der Waals surface area contributed by atoms with E-state index >= 15 is 0 Å². The molecule has 1 aliphatic rings. The van der Waals surface area contributed by atoms with Gasteiger partial charge in [-0.2, -0.15) is 0 Å². The van der Waals surface area contributed by atoms with Gasteiger partial charge in [0.2, 0.25) is 5.91 Å². The maximum atomic E-state index is 12.7. The summed E-state index contributed by atoms with van der Waals surface area (Å²) < 4.78 is 27.9. The lowest BCUT2D eigenvalue weighted by molar-refractivity contribution is -0.116. The van der Waals surface area contributed by atoms with E-state index in [1.807, 2.05) is 6.92 Å². The van der Waals surface area contributed by atoms with Crippen molar-refractivity contribution < 1.29 is 18.0 Å². The van der Waals surface area contributed by atoms with Crippen LogP contribution in [0, 0.1) is 0 Å². The minimum atomic E-state index is -3.91. The molecule has 0 spiro atoms. The number of nitrogens with two attached hydrogens (primary N) is 1. The second-order valence-corrected chi connectivity index (χ2v) is 7.93. The van der Waals surface area contributed by atoms with Gasteiger partial charge in [0.05, 0.1) is 16.1 Å². The van der Waals surface area contributed by atoms with Crippen molar-refractivity contribution in [2.45, 2.75) is 31.2 Å². The predicted molar refractivity (Wildman–Crippen MR) is 98.5 cm³/mol. The molecule has 8 heteroatoms. The first kappa shape index (κ1) is 17.9. The number of amides is 2. The summed E-state index contributed by atoms with van der Waals surface area (Å²) in [7, 11) is -3.91. The van der Waals surface area contributed by atoms with Gasteiger partial charge >= 0.3 is 0 Å². The molecule has 2 amide bonds. The third kappa shape index (κ3) is 3.15. The molecule has 0 unspecified atom stereocenters. The lowest BCUT2D eigenvalue weighted by atomic mass is 10.1. The SMILES string of the molecule is CC(=O)N1c2ccc(S(=O)(=O)Nc3ccccc3C(N)=O)cc2C[C@@H]1C. The molecule has 0 radical (unpaired) electrons. The summed E-state index contributed by atoms with van der Waals surface area (Å²) >= 11 is 0. The zero-order valence-electron chi connectivity index (χ0n) is 14.4. The molecule has 26 heavy (non-hydrogen) atoms. The Morgan fingerprint density at radius 1 is 1.19 bits per heavy atom. The molecular weight excluding hydrogens is 354 g/mol. The van der Waals surface area contributed by atoms with Crippen molar-refractivity contribution >= 4 is 33.2 Å². The molecule has 0 aliphatic carbocycles. The largest absolute Gasteiger partial charge is 0.366 e. The van der Waals surface area contributed by atoms with Crippen molar-refractivity contribution in [2.75, 3.05) is 9.62 Å². The Hall–Kier alpha value is -2.87. The molecule has 1 aliphatic heterocycles. The number of carbonyl (C=O) groups excluding carboxylic acids is 2. The summed E-state index contributed by atoms with van der Waals surface area (Å²) in [6.07, 6.45) is 0.580. The number of fused-ring (bicyclic) bond motifs is 1. The molecule has 3 rings (SSSR count). The van der Waals surface area contributed by atoms with Gasteiger partial charge in [-0.05, 0) is 49.2 Å². The highest BCUT2D eigenvalue weighted by molar-refractivity contribution is 7.92. The van der Waals surface area contributed by atoms with Crippen LogP contribution >= 0.6 is 0 Å². The van der Waals surface area contributed by atoms with Crippen LogP contribution in [0.2, 0.25) is 0 Å². The van der Waals surface area contributed by atoms with E-state index in [9.17, 15) is 18.0 Å². The Morgan fingerprint density at radius 3 is 2.54 bits per heavy atom. The Bertz CT molecular complexity index is 1000. The van der Waals surface area contributed by atoms with Crippen molar-refractivity contribution in [2.24, 2.45) is 5.73 Å². The van der Waals surface area contributed by atoms with Crippen molar-refractivity contribution in [3.63, 3.8) is 0 Å². The van der Waals surface area contributed by atoms with Gasteiger partial charge in [0.1, 0.15) is 0 Å². The number of rotatable bonds is 4. The molecule has 0 bridgehead atoms. The van der Waals surface area contributed by atoms with Crippen LogP contribution in [0.15, 0.2) is 47.4 Å². The van der Waals surface area contributed by atoms with Gasteiger partial charge in [-0.25, -0.2) is 8.42 Å². The second-order valence-electron chi connectivity index (χ2n) is 6.25. The third-order valence-corrected chi connectivity index (χ3v) is 5.72. The number of hydrogen-bond donors (Lipinski definition) is 2. The van der Waals surface area contributed by atoms with E-state index in [1.165, 1.54) is 25.1 Å². The monoisotopic (exact) mass is 373 g/mol. The molecule has 136 valence electrons. The van der Waals surface area contributed by atoms with Crippen LogP contribution in [0.4, 0.5) is 11.4 Å². The van der Waals surface area contributed by atoms with Gasteiger partial charge in [-0.3, -0.25) is 14.3 Å². The van der Waals surface area contributed by atoms with Gasteiger partial charge < -0.3 is 10.6 Å². The van der Waals surface area contributed by atoms with E-state index in [4.69, 9.17) is 5.73 Å². The molecule has 0 saturated heterocycles. The summed E-state index contributed by atoms with van der Waals surface area (Å²) in [5.41, 5.74) is 7.02. The van der Waals surface area contributed by atoms with E-state index in [0.717, 1.165) is 11.3 Å². The molecule has 0 saturated carbocycles. The number of benzene rings is 2. The van der Waals surface area contributed by atoms with Crippen molar-refractivity contribution in [3.8, 4) is 0 Å². The van der Waals surface area contributed by atoms with Gasteiger partial charge in [0.25, 0.3) is 15.9 Å². The standard InChI is InChI=1S/C18H19N3O4S/c1-11-9-13-10-14(7-8-17(13)21(11)12(2)22)26(24,25)20-16-6-4-3-5-15(16)18(19)23/h3-8,10-11,20H,9H2,1-2H3,(H2,19,23)/t11-/m0/s1.